The second-order valence-electron chi connectivity index (χ2n) is 11.6. The van der Waals surface area contributed by atoms with Crippen LogP contribution >= 0.6 is 11.6 Å². The number of carbonyl (C=O) groups excluding carboxylic acids is 2. The van der Waals surface area contributed by atoms with Crippen LogP contribution in [0.5, 0.6) is 0 Å². The molecule has 0 aromatic heterocycles. The van der Waals surface area contributed by atoms with Crippen molar-refractivity contribution in [1.29, 1.82) is 0 Å². The van der Waals surface area contributed by atoms with E-state index in [2.05, 4.69) is 5.32 Å². The molecule has 4 aromatic rings. The third-order valence-electron chi connectivity index (χ3n) is 7.47. The maximum atomic E-state index is 14.6. The van der Waals surface area contributed by atoms with Crippen LogP contribution in [-0.4, -0.2) is 43.8 Å². The first kappa shape index (κ1) is 33.7. The number of hydrogen-bond donors (Lipinski definition) is 1. The van der Waals surface area contributed by atoms with E-state index in [1.807, 2.05) is 82.3 Å². The predicted molar refractivity (Wildman–Crippen MR) is 181 cm³/mol. The number of hydrogen-bond acceptors (Lipinski definition) is 4. The van der Waals surface area contributed by atoms with Crippen molar-refractivity contribution in [3.05, 3.63) is 130 Å². The lowest BCUT2D eigenvalue weighted by Gasteiger charge is -2.34. The Bertz CT molecular complexity index is 1740. The molecular formula is C36H40ClN3O4S. The molecule has 0 aliphatic carbocycles. The monoisotopic (exact) mass is 645 g/mol. The molecule has 1 N–H and O–H groups in total. The summed E-state index contributed by atoms with van der Waals surface area (Å²) in [6, 6.07) is 27.6. The maximum Gasteiger partial charge on any atom is 0.264 e. The van der Waals surface area contributed by atoms with E-state index < -0.39 is 28.5 Å². The first-order valence-corrected chi connectivity index (χ1v) is 16.7. The van der Waals surface area contributed by atoms with Gasteiger partial charge in [-0.15, -0.1) is 0 Å². The molecule has 236 valence electrons. The lowest BCUT2D eigenvalue weighted by atomic mass is 10.0. The molecule has 0 heterocycles. The summed E-state index contributed by atoms with van der Waals surface area (Å²) < 4.78 is 29.6. The van der Waals surface area contributed by atoms with Gasteiger partial charge in [0.25, 0.3) is 10.0 Å². The van der Waals surface area contributed by atoms with Crippen molar-refractivity contribution in [3.63, 3.8) is 0 Å². The number of nitrogens with one attached hydrogen (secondary N) is 1. The average Bonchev–Trinajstić information content (AvgIpc) is 2.99. The third kappa shape index (κ3) is 8.74. The lowest BCUT2D eigenvalue weighted by molar-refractivity contribution is -0.140. The Balaban J connectivity index is 1.84. The van der Waals surface area contributed by atoms with E-state index in [1.54, 1.807) is 37.3 Å². The quantitative estimate of drug-likeness (QED) is 0.188. The van der Waals surface area contributed by atoms with E-state index in [0.29, 0.717) is 10.6 Å². The normalized spacial score (nSPS) is 12.1. The van der Waals surface area contributed by atoms with Crippen molar-refractivity contribution in [3.8, 4) is 0 Å². The summed E-state index contributed by atoms with van der Waals surface area (Å²) in [4.78, 5) is 29.9. The van der Waals surface area contributed by atoms with Crippen molar-refractivity contribution >= 4 is 39.1 Å². The maximum absolute atomic E-state index is 14.6. The Labute approximate surface area is 271 Å². The Morgan fingerprint density at radius 3 is 2.11 bits per heavy atom. The topological polar surface area (TPSA) is 86.8 Å². The van der Waals surface area contributed by atoms with Gasteiger partial charge in [0.1, 0.15) is 12.6 Å². The molecule has 0 saturated heterocycles. The number of rotatable bonds is 12. The molecule has 4 rings (SSSR count). The SMILES string of the molecule is Cc1ccc(S(=O)(=O)N(CC(=O)N(Cc2cccc(C)c2)[C@@H](Cc2ccccc2)C(=O)NC(C)C)c2cc(Cl)ccc2C)cc1. The Kier molecular flexibility index (Phi) is 11.1. The molecule has 0 spiro atoms. The molecule has 7 nitrogen and oxygen atoms in total. The highest BCUT2D eigenvalue weighted by Crippen LogP contribution is 2.30. The van der Waals surface area contributed by atoms with Crippen LogP contribution in [-0.2, 0) is 32.6 Å². The van der Waals surface area contributed by atoms with Crippen molar-refractivity contribution in [1.82, 2.24) is 10.2 Å². The van der Waals surface area contributed by atoms with Gasteiger partial charge in [-0.1, -0.05) is 95.5 Å². The van der Waals surface area contributed by atoms with Crippen LogP contribution in [0.25, 0.3) is 0 Å². The molecule has 0 saturated carbocycles. The summed E-state index contributed by atoms with van der Waals surface area (Å²) in [7, 11) is -4.22. The van der Waals surface area contributed by atoms with Gasteiger partial charge in [-0.25, -0.2) is 8.42 Å². The molecular weight excluding hydrogens is 606 g/mol. The molecule has 1 atom stereocenters. The van der Waals surface area contributed by atoms with Gasteiger partial charge in [-0.2, -0.15) is 0 Å². The summed E-state index contributed by atoms with van der Waals surface area (Å²) in [6.07, 6.45) is 0.248. The number of nitrogens with zero attached hydrogens (tertiary/aromatic N) is 2. The number of aryl methyl sites for hydroxylation is 3. The summed E-state index contributed by atoms with van der Waals surface area (Å²) in [5.41, 5.74) is 4.53. The zero-order valence-electron chi connectivity index (χ0n) is 26.3. The number of benzene rings is 4. The van der Waals surface area contributed by atoms with E-state index in [4.69, 9.17) is 11.6 Å². The van der Waals surface area contributed by atoms with Gasteiger partial charge in [0.05, 0.1) is 10.6 Å². The van der Waals surface area contributed by atoms with Gasteiger partial charge in [0.2, 0.25) is 11.8 Å². The van der Waals surface area contributed by atoms with Crippen LogP contribution in [0, 0.1) is 20.8 Å². The summed E-state index contributed by atoms with van der Waals surface area (Å²) >= 11 is 6.36. The van der Waals surface area contributed by atoms with Gasteiger partial charge in [0, 0.05) is 24.0 Å². The highest BCUT2D eigenvalue weighted by atomic mass is 35.5. The Morgan fingerprint density at radius 1 is 0.800 bits per heavy atom. The average molecular weight is 646 g/mol. The molecule has 0 aliphatic rings. The first-order valence-electron chi connectivity index (χ1n) is 14.9. The smallest absolute Gasteiger partial charge is 0.264 e. The van der Waals surface area contributed by atoms with Crippen molar-refractivity contribution < 1.29 is 18.0 Å². The van der Waals surface area contributed by atoms with Crippen LogP contribution in [0.2, 0.25) is 5.02 Å². The number of carbonyl (C=O) groups is 2. The highest BCUT2D eigenvalue weighted by Gasteiger charge is 2.35. The number of halogens is 1. The van der Waals surface area contributed by atoms with Gasteiger partial charge >= 0.3 is 0 Å². The minimum atomic E-state index is -4.22. The van der Waals surface area contributed by atoms with Gasteiger partial charge < -0.3 is 10.2 Å². The molecule has 0 fully saturated rings. The molecule has 45 heavy (non-hydrogen) atoms. The third-order valence-corrected chi connectivity index (χ3v) is 9.47. The Hall–Kier alpha value is -4.14. The van der Waals surface area contributed by atoms with Crippen LogP contribution in [0.4, 0.5) is 5.69 Å². The lowest BCUT2D eigenvalue weighted by Crippen LogP contribution is -2.54. The van der Waals surface area contributed by atoms with Gasteiger partial charge in [-0.05, 0) is 75.6 Å². The van der Waals surface area contributed by atoms with Gasteiger partial charge in [0.15, 0.2) is 0 Å². The van der Waals surface area contributed by atoms with Crippen molar-refractivity contribution in [2.75, 3.05) is 10.8 Å². The fourth-order valence-electron chi connectivity index (χ4n) is 5.14. The van der Waals surface area contributed by atoms with Gasteiger partial charge in [-0.3, -0.25) is 13.9 Å². The molecule has 2 amide bonds. The van der Waals surface area contributed by atoms with E-state index in [-0.39, 0.29) is 35.5 Å². The zero-order valence-corrected chi connectivity index (χ0v) is 27.9. The van der Waals surface area contributed by atoms with Crippen molar-refractivity contribution in [2.24, 2.45) is 0 Å². The summed E-state index contributed by atoms with van der Waals surface area (Å²) in [6.45, 7) is 8.90. The second kappa shape index (κ2) is 14.8. The van der Waals surface area contributed by atoms with E-state index >= 15 is 0 Å². The molecule has 0 radical (unpaired) electrons. The Morgan fingerprint density at radius 2 is 1.47 bits per heavy atom. The first-order chi connectivity index (χ1) is 21.3. The fourth-order valence-corrected chi connectivity index (χ4v) is 6.78. The van der Waals surface area contributed by atoms with Crippen molar-refractivity contribution in [2.45, 2.75) is 64.6 Å². The highest BCUT2D eigenvalue weighted by molar-refractivity contribution is 7.92. The standard InChI is InChI=1S/C36H40ClN3O4S/c1-25(2)38-36(42)34(21-29-11-7-6-8-12-29)39(23-30-13-9-10-27(4)20-30)35(41)24-40(33-22-31(37)17-16-28(33)5)45(43,44)32-18-14-26(3)15-19-32/h6-20,22,25,34H,21,23-24H2,1-5H3,(H,38,42)/t34-/m0/s1. The minimum absolute atomic E-state index is 0.0453. The number of amides is 2. The molecule has 0 unspecified atom stereocenters. The predicted octanol–water partition coefficient (Wildman–Crippen LogP) is 6.63. The van der Waals surface area contributed by atoms with Crippen LogP contribution in [0.1, 0.15) is 41.7 Å². The van der Waals surface area contributed by atoms with Crippen LogP contribution in [0.15, 0.2) is 102 Å². The second-order valence-corrected chi connectivity index (χ2v) is 13.9. The number of sulfonamides is 1. The summed E-state index contributed by atoms with van der Waals surface area (Å²) in [5, 5.41) is 3.31. The summed E-state index contributed by atoms with van der Waals surface area (Å²) in [5.74, 6) is -0.840. The molecule has 4 aromatic carbocycles. The van der Waals surface area contributed by atoms with Crippen LogP contribution in [0.3, 0.4) is 0 Å². The van der Waals surface area contributed by atoms with E-state index in [0.717, 1.165) is 26.6 Å². The molecule has 0 bridgehead atoms. The van der Waals surface area contributed by atoms with E-state index in [1.165, 1.54) is 17.0 Å². The largest absolute Gasteiger partial charge is 0.352 e. The molecule has 9 heteroatoms. The zero-order chi connectivity index (χ0) is 32.7. The number of anilines is 1. The van der Waals surface area contributed by atoms with Crippen LogP contribution < -0.4 is 9.62 Å². The fraction of sp³-hybridized carbons (Fsp3) is 0.278. The van der Waals surface area contributed by atoms with E-state index in [9.17, 15) is 18.0 Å². The minimum Gasteiger partial charge on any atom is -0.352 e. The molecule has 0 aliphatic heterocycles.